The molecule has 0 bridgehead atoms. The lowest BCUT2D eigenvalue weighted by atomic mass is 10.1. The number of para-hydroxylation sites is 1. The lowest BCUT2D eigenvalue weighted by Crippen LogP contribution is -2.11. The van der Waals surface area contributed by atoms with Gasteiger partial charge in [-0.2, -0.15) is 0 Å². The summed E-state index contributed by atoms with van der Waals surface area (Å²) >= 11 is 0. The fourth-order valence-electron chi connectivity index (χ4n) is 1.55. The van der Waals surface area contributed by atoms with Gasteiger partial charge in [0.05, 0.1) is 24.0 Å². The second-order valence-electron chi connectivity index (χ2n) is 3.74. The van der Waals surface area contributed by atoms with E-state index in [1.165, 1.54) is 7.11 Å². The average Bonchev–Trinajstić information content (AvgIpc) is 2.39. The van der Waals surface area contributed by atoms with Crippen molar-refractivity contribution in [3.8, 4) is 0 Å². The first-order valence-corrected chi connectivity index (χ1v) is 5.99. The van der Waals surface area contributed by atoms with Crippen molar-refractivity contribution in [1.82, 2.24) is 0 Å². The molecule has 1 rings (SSSR count). The van der Waals surface area contributed by atoms with Gasteiger partial charge in [0.25, 0.3) is 0 Å². The summed E-state index contributed by atoms with van der Waals surface area (Å²) in [5.74, 6) is -0.425. The maximum Gasteiger partial charge on any atom is 0.340 e. The van der Waals surface area contributed by atoms with Gasteiger partial charge in [-0.1, -0.05) is 6.07 Å². The Morgan fingerprint density at radius 1 is 1.44 bits per heavy atom. The van der Waals surface area contributed by atoms with Crippen molar-refractivity contribution in [2.75, 3.05) is 37.9 Å². The maximum absolute atomic E-state index is 11.5. The van der Waals surface area contributed by atoms with Crippen LogP contribution in [0.5, 0.6) is 0 Å². The molecule has 0 aromatic heterocycles. The van der Waals surface area contributed by atoms with Gasteiger partial charge in [-0.25, -0.2) is 4.79 Å². The van der Waals surface area contributed by atoms with E-state index in [4.69, 9.17) is 10.5 Å². The van der Waals surface area contributed by atoms with Gasteiger partial charge >= 0.3 is 5.97 Å². The molecule has 5 heteroatoms. The van der Waals surface area contributed by atoms with Gasteiger partial charge in [0.1, 0.15) is 0 Å². The number of hydrogen-bond acceptors (Lipinski definition) is 5. The normalized spacial score (nSPS) is 10.1. The van der Waals surface area contributed by atoms with Crippen LogP contribution in [0.2, 0.25) is 0 Å². The highest BCUT2D eigenvalue weighted by Crippen LogP contribution is 2.23. The van der Waals surface area contributed by atoms with Crippen molar-refractivity contribution in [3.63, 3.8) is 0 Å². The number of carbonyl (C=O) groups is 1. The van der Waals surface area contributed by atoms with E-state index in [-0.39, 0.29) is 0 Å². The number of anilines is 2. The number of nitrogens with one attached hydrogen (secondary N) is 1. The molecule has 0 saturated heterocycles. The number of methoxy groups -OCH3 is 1. The number of carbonyl (C=O) groups excluding carboxylic acids is 1. The second kappa shape index (κ2) is 7.55. The smallest absolute Gasteiger partial charge is 0.340 e. The number of nitrogen functional groups attached to an aromatic ring is 1. The molecule has 18 heavy (non-hydrogen) atoms. The molecule has 5 nitrogen and oxygen atoms in total. The third-order valence-electron chi connectivity index (χ3n) is 2.50. The molecule has 0 aliphatic carbocycles. The number of hydrogen-bond donors (Lipinski definition) is 2. The van der Waals surface area contributed by atoms with Crippen LogP contribution < -0.4 is 11.1 Å². The van der Waals surface area contributed by atoms with E-state index < -0.39 is 5.97 Å². The summed E-state index contributed by atoms with van der Waals surface area (Å²) in [7, 11) is 1.34. The van der Waals surface area contributed by atoms with Crippen molar-refractivity contribution < 1.29 is 14.3 Å². The quantitative estimate of drug-likeness (QED) is 0.440. The van der Waals surface area contributed by atoms with Crippen LogP contribution in [0, 0.1) is 0 Å². The van der Waals surface area contributed by atoms with Crippen molar-refractivity contribution >= 4 is 17.3 Å². The average molecular weight is 252 g/mol. The van der Waals surface area contributed by atoms with Crippen LogP contribution in [0.4, 0.5) is 11.4 Å². The van der Waals surface area contributed by atoms with E-state index in [1.54, 1.807) is 12.1 Å². The topological polar surface area (TPSA) is 73.6 Å². The minimum absolute atomic E-state index is 0.382. The largest absolute Gasteiger partial charge is 0.465 e. The van der Waals surface area contributed by atoms with Crippen LogP contribution in [0.1, 0.15) is 23.7 Å². The van der Waals surface area contributed by atoms with Crippen LogP contribution in [0.15, 0.2) is 18.2 Å². The van der Waals surface area contributed by atoms with E-state index in [9.17, 15) is 4.79 Å². The first-order valence-electron chi connectivity index (χ1n) is 5.99. The molecule has 1 aromatic carbocycles. The number of ether oxygens (including phenoxy) is 2. The van der Waals surface area contributed by atoms with Gasteiger partial charge in [0, 0.05) is 19.8 Å². The summed E-state index contributed by atoms with van der Waals surface area (Å²) in [4.78, 5) is 11.5. The van der Waals surface area contributed by atoms with Gasteiger partial charge in [-0.3, -0.25) is 0 Å². The van der Waals surface area contributed by atoms with Gasteiger partial charge in [-0.15, -0.1) is 0 Å². The molecule has 0 fully saturated rings. The summed E-state index contributed by atoms with van der Waals surface area (Å²) < 4.78 is 9.90. The Morgan fingerprint density at radius 2 is 2.22 bits per heavy atom. The van der Waals surface area contributed by atoms with E-state index in [2.05, 4.69) is 10.1 Å². The summed E-state index contributed by atoms with van der Waals surface area (Å²) in [6, 6.07) is 5.25. The highest BCUT2D eigenvalue weighted by molar-refractivity contribution is 5.98. The SMILES string of the molecule is CCOCCCNc1cccc(C(=O)OC)c1N. The lowest BCUT2D eigenvalue weighted by molar-refractivity contribution is 0.0602. The molecule has 1 aromatic rings. The Kier molecular flexibility index (Phi) is 6.00. The Labute approximate surface area is 107 Å². The Hall–Kier alpha value is -1.75. The fourth-order valence-corrected chi connectivity index (χ4v) is 1.55. The molecule has 0 aliphatic heterocycles. The maximum atomic E-state index is 11.5. The standard InChI is InChI=1S/C13H20N2O3/c1-3-18-9-5-8-15-11-7-4-6-10(12(11)14)13(16)17-2/h4,6-7,15H,3,5,8-9,14H2,1-2H3. The third kappa shape index (κ3) is 3.92. The van der Waals surface area contributed by atoms with Gasteiger partial charge in [-0.05, 0) is 25.5 Å². The highest BCUT2D eigenvalue weighted by atomic mass is 16.5. The van der Waals surface area contributed by atoms with Crippen molar-refractivity contribution in [1.29, 1.82) is 0 Å². The molecule has 3 N–H and O–H groups in total. The fraction of sp³-hybridized carbons (Fsp3) is 0.462. The van der Waals surface area contributed by atoms with E-state index in [0.29, 0.717) is 17.9 Å². The number of benzene rings is 1. The zero-order valence-electron chi connectivity index (χ0n) is 10.9. The second-order valence-corrected chi connectivity index (χ2v) is 3.74. The van der Waals surface area contributed by atoms with Crippen LogP contribution in [-0.4, -0.2) is 32.8 Å². The van der Waals surface area contributed by atoms with Crippen LogP contribution in [0.25, 0.3) is 0 Å². The first-order chi connectivity index (χ1) is 8.70. The number of nitrogens with two attached hydrogens (primary N) is 1. The molecule has 0 atom stereocenters. The minimum atomic E-state index is -0.425. The summed E-state index contributed by atoms with van der Waals surface area (Å²) in [6.07, 6.45) is 0.885. The molecule has 0 amide bonds. The predicted octanol–water partition coefficient (Wildman–Crippen LogP) is 1.89. The lowest BCUT2D eigenvalue weighted by Gasteiger charge is -2.11. The Bertz CT molecular complexity index is 394. The van der Waals surface area contributed by atoms with Crippen LogP contribution in [-0.2, 0) is 9.47 Å². The zero-order valence-corrected chi connectivity index (χ0v) is 10.9. The number of esters is 1. The van der Waals surface area contributed by atoms with E-state index >= 15 is 0 Å². The number of rotatable bonds is 7. The summed E-state index contributed by atoms with van der Waals surface area (Å²) in [5, 5.41) is 3.18. The third-order valence-corrected chi connectivity index (χ3v) is 2.50. The molecule has 0 aliphatic rings. The van der Waals surface area contributed by atoms with Gasteiger partial charge in [0.2, 0.25) is 0 Å². The van der Waals surface area contributed by atoms with Gasteiger partial charge < -0.3 is 20.5 Å². The van der Waals surface area contributed by atoms with Crippen LogP contribution in [0.3, 0.4) is 0 Å². The van der Waals surface area contributed by atoms with Crippen molar-refractivity contribution in [2.24, 2.45) is 0 Å². The summed E-state index contributed by atoms with van der Waals surface area (Å²) in [6.45, 7) is 4.14. The Morgan fingerprint density at radius 3 is 2.89 bits per heavy atom. The molecule has 0 unspecified atom stereocenters. The molecule has 0 heterocycles. The molecule has 100 valence electrons. The highest BCUT2D eigenvalue weighted by Gasteiger charge is 2.12. The molecular formula is C13H20N2O3. The molecular weight excluding hydrogens is 232 g/mol. The van der Waals surface area contributed by atoms with Crippen molar-refractivity contribution in [2.45, 2.75) is 13.3 Å². The zero-order chi connectivity index (χ0) is 13.4. The Balaban J connectivity index is 2.58. The van der Waals surface area contributed by atoms with Crippen LogP contribution >= 0.6 is 0 Å². The van der Waals surface area contributed by atoms with E-state index in [1.807, 2.05) is 13.0 Å². The van der Waals surface area contributed by atoms with Gasteiger partial charge in [0.15, 0.2) is 0 Å². The van der Waals surface area contributed by atoms with Crippen molar-refractivity contribution in [3.05, 3.63) is 23.8 Å². The minimum Gasteiger partial charge on any atom is -0.465 e. The van der Waals surface area contributed by atoms with E-state index in [0.717, 1.165) is 25.3 Å². The first kappa shape index (κ1) is 14.3. The predicted molar refractivity (Wildman–Crippen MR) is 71.8 cm³/mol. The summed E-state index contributed by atoms with van der Waals surface area (Å²) in [5.41, 5.74) is 7.45. The molecule has 0 saturated carbocycles. The molecule has 0 spiro atoms. The molecule has 0 radical (unpaired) electrons. The monoisotopic (exact) mass is 252 g/mol.